The zero-order valence-electron chi connectivity index (χ0n) is 11.5. The third-order valence-corrected chi connectivity index (χ3v) is 3.09. The van der Waals surface area contributed by atoms with Crippen LogP contribution in [0.2, 0.25) is 0 Å². The number of hydrogen-bond acceptors (Lipinski definition) is 5. The maximum absolute atomic E-state index is 5.44. The maximum atomic E-state index is 5.44. The van der Waals surface area contributed by atoms with E-state index in [2.05, 4.69) is 15.6 Å². The van der Waals surface area contributed by atoms with E-state index in [1.165, 1.54) is 0 Å². The van der Waals surface area contributed by atoms with Gasteiger partial charge in [0.15, 0.2) is 0 Å². The zero-order valence-corrected chi connectivity index (χ0v) is 11.5. The first-order chi connectivity index (χ1) is 9.22. The number of rotatable bonds is 5. The second-order valence-electron chi connectivity index (χ2n) is 4.08. The van der Waals surface area contributed by atoms with Gasteiger partial charge in [-0.15, -0.1) is 5.10 Å². The maximum Gasteiger partial charge on any atom is 0.127 e. The van der Waals surface area contributed by atoms with Crippen LogP contribution in [-0.4, -0.2) is 36.3 Å². The van der Waals surface area contributed by atoms with Crippen molar-refractivity contribution in [2.75, 3.05) is 21.3 Å². The van der Waals surface area contributed by atoms with Crippen LogP contribution in [0.4, 0.5) is 0 Å². The predicted octanol–water partition coefficient (Wildman–Crippen LogP) is 1.14. The Balaban J connectivity index is 2.57. The predicted molar refractivity (Wildman–Crippen MR) is 71.5 cm³/mol. The van der Waals surface area contributed by atoms with E-state index < -0.39 is 0 Å². The summed E-state index contributed by atoms with van der Waals surface area (Å²) in [6.07, 6.45) is 1.73. The molecule has 2 rings (SSSR count). The fourth-order valence-electron chi connectivity index (χ4n) is 2.16. The lowest BCUT2D eigenvalue weighted by Gasteiger charge is -2.21. The molecule has 1 atom stereocenters. The van der Waals surface area contributed by atoms with E-state index in [0.717, 1.165) is 22.8 Å². The van der Waals surface area contributed by atoms with Crippen molar-refractivity contribution in [3.8, 4) is 11.5 Å². The Kier molecular flexibility index (Phi) is 4.01. The summed E-state index contributed by atoms with van der Waals surface area (Å²) >= 11 is 0. The molecule has 6 heteroatoms. The molecule has 1 N–H and O–H groups in total. The summed E-state index contributed by atoms with van der Waals surface area (Å²) in [4.78, 5) is 0. The van der Waals surface area contributed by atoms with E-state index in [-0.39, 0.29) is 6.04 Å². The Morgan fingerprint density at radius 2 is 1.84 bits per heavy atom. The molecule has 0 spiro atoms. The lowest BCUT2D eigenvalue weighted by Crippen LogP contribution is -2.22. The highest BCUT2D eigenvalue weighted by molar-refractivity contribution is 5.49. The largest absolute Gasteiger partial charge is 0.496 e. The molecule has 1 heterocycles. The fraction of sp³-hybridized carbons (Fsp3) is 0.385. The second-order valence-corrected chi connectivity index (χ2v) is 4.08. The summed E-state index contributed by atoms with van der Waals surface area (Å²) in [5.41, 5.74) is 1.87. The van der Waals surface area contributed by atoms with Crippen LogP contribution in [0.1, 0.15) is 17.3 Å². The van der Waals surface area contributed by atoms with Crippen LogP contribution in [0.15, 0.2) is 24.4 Å². The van der Waals surface area contributed by atoms with Crippen LogP contribution in [0.25, 0.3) is 0 Å². The molecule has 0 aliphatic carbocycles. The van der Waals surface area contributed by atoms with Crippen LogP contribution >= 0.6 is 0 Å². The molecule has 0 bridgehead atoms. The number of nitrogens with zero attached hydrogens (tertiary/aromatic N) is 3. The van der Waals surface area contributed by atoms with Crippen LogP contribution in [0.5, 0.6) is 11.5 Å². The standard InChI is InChI=1S/C13H18N4O2/c1-14-13(9-8-15-16-17(9)2)12-10(18-3)6-5-7-11(12)19-4/h5-8,13-14H,1-4H3. The van der Waals surface area contributed by atoms with Crippen molar-refractivity contribution in [3.05, 3.63) is 35.7 Å². The van der Waals surface area contributed by atoms with E-state index in [1.54, 1.807) is 25.1 Å². The molecular weight excluding hydrogens is 244 g/mol. The van der Waals surface area contributed by atoms with Crippen molar-refractivity contribution in [1.82, 2.24) is 20.3 Å². The van der Waals surface area contributed by atoms with E-state index in [9.17, 15) is 0 Å². The molecule has 0 aliphatic heterocycles. The Morgan fingerprint density at radius 1 is 1.21 bits per heavy atom. The zero-order chi connectivity index (χ0) is 13.8. The van der Waals surface area contributed by atoms with Crippen molar-refractivity contribution in [1.29, 1.82) is 0 Å². The van der Waals surface area contributed by atoms with Crippen LogP contribution in [0, 0.1) is 0 Å². The normalized spacial score (nSPS) is 12.2. The molecule has 0 saturated carbocycles. The van der Waals surface area contributed by atoms with Crippen molar-refractivity contribution in [2.24, 2.45) is 7.05 Å². The van der Waals surface area contributed by atoms with Gasteiger partial charge in [0.25, 0.3) is 0 Å². The average molecular weight is 262 g/mol. The first kappa shape index (κ1) is 13.4. The van der Waals surface area contributed by atoms with Gasteiger partial charge in [-0.25, -0.2) is 0 Å². The van der Waals surface area contributed by atoms with E-state index in [1.807, 2.05) is 32.3 Å². The highest BCUT2D eigenvalue weighted by Crippen LogP contribution is 2.36. The molecule has 2 aromatic rings. The minimum absolute atomic E-state index is 0.105. The third kappa shape index (κ3) is 2.39. The summed E-state index contributed by atoms with van der Waals surface area (Å²) in [6.45, 7) is 0. The van der Waals surface area contributed by atoms with E-state index >= 15 is 0 Å². The topological polar surface area (TPSA) is 61.2 Å². The van der Waals surface area contributed by atoms with Crippen molar-refractivity contribution < 1.29 is 9.47 Å². The van der Waals surface area contributed by atoms with Gasteiger partial charge in [-0.3, -0.25) is 4.68 Å². The molecule has 0 fully saturated rings. The lowest BCUT2D eigenvalue weighted by molar-refractivity contribution is 0.377. The van der Waals surface area contributed by atoms with Crippen LogP contribution in [-0.2, 0) is 7.05 Å². The van der Waals surface area contributed by atoms with Crippen LogP contribution in [0.3, 0.4) is 0 Å². The summed E-state index contributed by atoms with van der Waals surface area (Å²) in [5.74, 6) is 1.53. The molecule has 0 radical (unpaired) electrons. The van der Waals surface area contributed by atoms with Gasteiger partial charge in [-0.2, -0.15) is 0 Å². The fourth-order valence-corrected chi connectivity index (χ4v) is 2.16. The summed E-state index contributed by atoms with van der Waals surface area (Å²) in [6, 6.07) is 5.61. The quantitative estimate of drug-likeness (QED) is 0.875. The Morgan fingerprint density at radius 3 is 2.26 bits per heavy atom. The molecular formula is C13H18N4O2. The number of hydrogen-bond donors (Lipinski definition) is 1. The van der Waals surface area contributed by atoms with Crippen LogP contribution < -0.4 is 14.8 Å². The number of ether oxygens (including phenoxy) is 2. The molecule has 6 nitrogen and oxygen atoms in total. The lowest BCUT2D eigenvalue weighted by atomic mass is 10.0. The van der Waals surface area contributed by atoms with Gasteiger partial charge in [0.1, 0.15) is 11.5 Å². The van der Waals surface area contributed by atoms with Gasteiger partial charge in [0, 0.05) is 7.05 Å². The summed E-state index contributed by atoms with van der Waals surface area (Å²) in [5, 5.41) is 11.1. The highest BCUT2D eigenvalue weighted by Gasteiger charge is 2.23. The molecule has 1 aromatic heterocycles. The SMILES string of the molecule is CNC(c1c(OC)cccc1OC)c1cnnn1C. The monoisotopic (exact) mass is 262 g/mol. The molecule has 0 amide bonds. The Labute approximate surface area is 112 Å². The summed E-state index contributed by atoms with van der Waals surface area (Å²) < 4.78 is 12.6. The minimum Gasteiger partial charge on any atom is -0.496 e. The van der Waals surface area contributed by atoms with Gasteiger partial charge in [0.05, 0.1) is 37.7 Å². The Bertz CT molecular complexity index is 531. The Hall–Kier alpha value is -2.08. The van der Waals surface area contributed by atoms with Crippen molar-refractivity contribution >= 4 is 0 Å². The molecule has 102 valence electrons. The first-order valence-corrected chi connectivity index (χ1v) is 5.95. The molecule has 1 aromatic carbocycles. The molecule has 19 heavy (non-hydrogen) atoms. The van der Waals surface area contributed by atoms with E-state index in [4.69, 9.17) is 9.47 Å². The number of benzene rings is 1. The summed E-state index contributed by atoms with van der Waals surface area (Å²) in [7, 11) is 7.02. The average Bonchev–Trinajstić information content (AvgIpc) is 2.86. The number of nitrogens with one attached hydrogen (secondary N) is 1. The first-order valence-electron chi connectivity index (χ1n) is 5.95. The van der Waals surface area contributed by atoms with Gasteiger partial charge in [0.2, 0.25) is 0 Å². The van der Waals surface area contributed by atoms with Gasteiger partial charge >= 0.3 is 0 Å². The molecule has 0 aliphatic rings. The van der Waals surface area contributed by atoms with Crippen molar-refractivity contribution in [2.45, 2.75) is 6.04 Å². The number of aromatic nitrogens is 3. The molecule has 0 saturated heterocycles. The van der Waals surface area contributed by atoms with Gasteiger partial charge in [-0.1, -0.05) is 11.3 Å². The van der Waals surface area contributed by atoms with Gasteiger partial charge in [-0.05, 0) is 19.2 Å². The molecule has 1 unspecified atom stereocenters. The highest BCUT2D eigenvalue weighted by atomic mass is 16.5. The minimum atomic E-state index is -0.105. The van der Waals surface area contributed by atoms with Gasteiger partial charge < -0.3 is 14.8 Å². The number of methoxy groups -OCH3 is 2. The third-order valence-electron chi connectivity index (χ3n) is 3.09. The smallest absolute Gasteiger partial charge is 0.127 e. The second kappa shape index (κ2) is 5.71. The number of aryl methyl sites for hydroxylation is 1. The van der Waals surface area contributed by atoms with Crippen molar-refractivity contribution in [3.63, 3.8) is 0 Å². The van der Waals surface area contributed by atoms with E-state index in [0.29, 0.717) is 0 Å².